The fourth-order valence-electron chi connectivity index (χ4n) is 1.35. The number of nitrogens with zero attached hydrogens (tertiary/aromatic N) is 2. The highest BCUT2D eigenvalue weighted by Crippen LogP contribution is 2.21. The van der Waals surface area contributed by atoms with Crippen LogP contribution in [0.5, 0.6) is 0 Å². The number of halogens is 1. The van der Waals surface area contributed by atoms with Crippen molar-refractivity contribution in [3.05, 3.63) is 10.7 Å². The molecule has 0 aliphatic rings. The van der Waals surface area contributed by atoms with Crippen molar-refractivity contribution in [3.63, 3.8) is 0 Å². The van der Waals surface area contributed by atoms with Crippen LogP contribution in [0.2, 0.25) is 0 Å². The molecule has 0 fully saturated rings. The highest BCUT2D eigenvalue weighted by Gasteiger charge is 2.07. The van der Waals surface area contributed by atoms with Crippen LogP contribution in [-0.2, 0) is 0 Å². The summed E-state index contributed by atoms with van der Waals surface area (Å²) in [7, 11) is 0. The first kappa shape index (κ1) is 13.2. The van der Waals surface area contributed by atoms with Gasteiger partial charge in [0.25, 0.3) is 0 Å². The minimum Gasteiger partial charge on any atom is -0.367 e. The third-order valence-electron chi connectivity index (χ3n) is 2.25. The van der Waals surface area contributed by atoms with Gasteiger partial charge in [-0.1, -0.05) is 19.8 Å². The lowest BCUT2D eigenvalue weighted by Crippen LogP contribution is -2.18. The van der Waals surface area contributed by atoms with Crippen molar-refractivity contribution >= 4 is 27.7 Å². The van der Waals surface area contributed by atoms with E-state index in [9.17, 15) is 0 Å². The van der Waals surface area contributed by atoms with Crippen LogP contribution < -0.4 is 16.6 Å². The van der Waals surface area contributed by atoms with Gasteiger partial charge in [0.1, 0.15) is 5.82 Å². The topological polar surface area (TPSA) is 75.9 Å². The highest BCUT2D eigenvalue weighted by molar-refractivity contribution is 9.10. The molecule has 1 aromatic rings. The number of hydrogen-bond acceptors (Lipinski definition) is 5. The third-order valence-corrected chi connectivity index (χ3v) is 2.83. The minimum absolute atomic E-state index is 0.386. The van der Waals surface area contributed by atoms with Crippen molar-refractivity contribution < 1.29 is 0 Å². The summed E-state index contributed by atoms with van der Waals surface area (Å²) >= 11 is 3.40. The summed E-state index contributed by atoms with van der Waals surface area (Å²) < 4.78 is 0.842. The molecule has 16 heavy (non-hydrogen) atoms. The van der Waals surface area contributed by atoms with Gasteiger partial charge in [-0.25, -0.2) is 10.8 Å². The Hall–Kier alpha value is -0.880. The van der Waals surface area contributed by atoms with E-state index >= 15 is 0 Å². The highest BCUT2D eigenvalue weighted by atomic mass is 79.9. The Bertz CT molecular complexity index is 331. The molecule has 1 atom stereocenters. The van der Waals surface area contributed by atoms with Crippen molar-refractivity contribution in [2.24, 2.45) is 5.84 Å². The lowest BCUT2D eigenvalue weighted by atomic mass is 10.1. The zero-order chi connectivity index (χ0) is 12.0. The Labute approximate surface area is 104 Å². The molecule has 0 radical (unpaired) electrons. The molecule has 1 unspecified atom stereocenters. The number of nitrogens with one attached hydrogen (secondary N) is 2. The van der Waals surface area contributed by atoms with Gasteiger partial charge in [-0.3, -0.25) is 5.43 Å². The lowest BCUT2D eigenvalue weighted by Gasteiger charge is -2.15. The van der Waals surface area contributed by atoms with Crippen molar-refractivity contribution in [2.75, 3.05) is 10.7 Å². The van der Waals surface area contributed by atoms with E-state index < -0.39 is 0 Å². The second-order valence-corrected chi connectivity index (χ2v) is 4.58. The number of hydrogen-bond donors (Lipinski definition) is 3. The largest absolute Gasteiger partial charge is 0.367 e. The van der Waals surface area contributed by atoms with Gasteiger partial charge in [-0.05, 0) is 29.3 Å². The first-order chi connectivity index (χ1) is 7.67. The van der Waals surface area contributed by atoms with Crippen molar-refractivity contribution in [1.82, 2.24) is 9.97 Å². The summed E-state index contributed by atoms with van der Waals surface area (Å²) in [5.74, 6) is 6.44. The first-order valence-corrected chi connectivity index (χ1v) is 6.22. The average Bonchev–Trinajstić information content (AvgIpc) is 2.29. The van der Waals surface area contributed by atoms with Crippen LogP contribution in [0, 0.1) is 0 Å². The lowest BCUT2D eigenvalue weighted by molar-refractivity contribution is 0.642. The van der Waals surface area contributed by atoms with Gasteiger partial charge in [0, 0.05) is 12.2 Å². The summed E-state index contributed by atoms with van der Waals surface area (Å²) in [5.41, 5.74) is 2.43. The molecule has 5 nitrogen and oxygen atoms in total. The van der Waals surface area contributed by atoms with E-state index in [1.165, 1.54) is 12.8 Å². The van der Waals surface area contributed by atoms with Gasteiger partial charge < -0.3 is 5.32 Å². The second-order valence-electron chi connectivity index (χ2n) is 3.72. The van der Waals surface area contributed by atoms with E-state index in [-0.39, 0.29) is 0 Å². The number of unbranched alkanes of at least 4 members (excludes halogenated alkanes) is 1. The Balaban J connectivity index is 2.64. The average molecular weight is 288 g/mol. The van der Waals surface area contributed by atoms with Crippen molar-refractivity contribution in [3.8, 4) is 0 Å². The van der Waals surface area contributed by atoms with Crippen LogP contribution in [0.1, 0.15) is 33.1 Å². The van der Waals surface area contributed by atoms with Gasteiger partial charge in [-0.15, -0.1) is 0 Å². The summed E-state index contributed by atoms with van der Waals surface area (Å²) in [4.78, 5) is 8.23. The maximum Gasteiger partial charge on any atom is 0.239 e. The van der Waals surface area contributed by atoms with E-state index in [0.29, 0.717) is 12.0 Å². The number of anilines is 2. The van der Waals surface area contributed by atoms with E-state index in [1.54, 1.807) is 6.20 Å². The molecule has 1 rings (SSSR count). The summed E-state index contributed by atoms with van der Waals surface area (Å²) in [6.45, 7) is 4.32. The number of nitrogens with two attached hydrogens (primary N) is 1. The molecule has 90 valence electrons. The number of nitrogen functional groups attached to an aromatic ring is 1. The molecule has 6 heteroatoms. The summed E-state index contributed by atoms with van der Waals surface area (Å²) in [5, 5.41) is 3.33. The Kier molecular flexibility index (Phi) is 5.48. The number of hydrazine groups is 1. The van der Waals surface area contributed by atoms with Crippen LogP contribution in [0.4, 0.5) is 11.8 Å². The molecule has 0 aromatic carbocycles. The van der Waals surface area contributed by atoms with Crippen LogP contribution in [0.15, 0.2) is 10.7 Å². The SMILES string of the molecule is CCCCC(C)Nc1nc(NN)ncc1Br. The molecule has 0 aliphatic heterocycles. The van der Waals surface area contributed by atoms with Crippen LogP contribution >= 0.6 is 15.9 Å². The number of aromatic nitrogens is 2. The fourth-order valence-corrected chi connectivity index (χ4v) is 1.66. The third kappa shape index (κ3) is 3.94. The predicted molar refractivity (Wildman–Crippen MR) is 70.2 cm³/mol. The maximum atomic E-state index is 5.26. The minimum atomic E-state index is 0.386. The second kappa shape index (κ2) is 6.65. The molecule has 0 amide bonds. The Morgan fingerprint density at radius 1 is 1.56 bits per heavy atom. The molecule has 1 heterocycles. The van der Waals surface area contributed by atoms with Crippen molar-refractivity contribution in [1.29, 1.82) is 0 Å². The van der Waals surface area contributed by atoms with Crippen LogP contribution in [-0.4, -0.2) is 16.0 Å². The van der Waals surface area contributed by atoms with E-state index in [2.05, 4.69) is 50.5 Å². The van der Waals surface area contributed by atoms with Crippen LogP contribution in [0.25, 0.3) is 0 Å². The maximum absolute atomic E-state index is 5.26. The summed E-state index contributed by atoms with van der Waals surface area (Å²) in [6, 6.07) is 0.386. The molecule has 0 saturated heterocycles. The van der Waals surface area contributed by atoms with Gasteiger partial charge in [0.05, 0.1) is 4.47 Å². The number of rotatable bonds is 6. The zero-order valence-electron chi connectivity index (χ0n) is 9.63. The van der Waals surface area contributed by atoms with Crippen molar-refractivity contribution in [2.45, 2.75) is 39.2 Å². The van der Waals surface area contributed by atoms with Gasteiger partial charge in [0.15, 0.2) is 0 Å². The molecule has 1 aromatic heterocycles. The molecular formula is C10H18BrN5. The standard InChI is InChI=1S/C10H18BrN5/c1-3-4-5-7(2)14-9-8(11)6-13-10(15-9)16-12/h6-7H,3-5,12H2,1-2H3,(H2,13,14,15,16). The van der Waals surface area contributed by atoms with Crippen LogP contribution in [0.3, 0.4) is 0 Å². The monoisotopic (exact) mass is 287 g/mol. The van der Waals surface area contributed by atoms with Gasteiger partial charge >= 0.3 is 0 Å². The molecular weight excluding hydrogens is 270 g/mol. The van der Waals surface area contributed by atoms with Gasteiger partial charge in [-0.2, -0.15) is 4.98 Å². The zero-order valence-corrected chi connectivity index (χ0v) is 11.2. The summed E-state index contributed by atoms with van der Waals surface area (Å²) in [6.07, 6.45) is 5.21. The molecule has 0 bridgehead atoms. The fraction of sp³-hybridized carbons (Fsp3) is 0.600. The first-order valence-electron chi connectivity index (χ1n) is 5.43. The van der Waals surface area contributed by atoms with E-state index in [1.807, 2.05) is 0 Å². The predicted octanol–water partition coefficient (Wildman–Crippen LogP) is 2.52. The molecule has 0 aliphatic carbocycles. The van der Waals surface area contributed by atoms with Gasteiger partial charge in [0.2, 0.25) is 5.95 Å². The smallest absolute Gasteiger partial charge is 0.239 e. The normalized spacial score (nSPS) is 12.2. The Morgan fingerprint density at radius 2 is 2.31 bits per heavy atom. The van der Waals surface area contributed by atoms with E-state index in [4.69, 9.17) is 5.84 Å². The quantitative estimate of drug-likeness (QED) is 0.554. The van der Waals surface area contributed by atoms with E-state index in [0.717, 1.165) is 16.7 Å². The molecule has 4 N–H and O–H groups in total. The Morgan fingerprint density at radius 3 is 2.94 bits per heavy atom. The molecule has 0 spiro atoms. The molecule has 0 saturated carbocycles.